The van der Waals surface area contributed by atoms with Gasteiger partial charge in [0, 0.05) is 11.8 Å². The van der Waals surface area contributed by atoms with Crippen molar-refractivity contribution < 1.29 is 13.9 Å². The van der Waals surface area contributed by atoms with E-state index in [1.165, 1.54) is 12.1 Å². The Morgan fingerprint density at radius 1 is 1.30 bits per heavy atom. The van der Waals surface area contributed by atoms with Crippen molar-refractivity contribution >= 4 is 22.9 Å². The number of aromatic nitrogens is 3. The van der Waals surface area contributed by atoms with E-state index in [9.17, 15) is 9.18 Å². The first-order valence-electron chi connectivity index (χ1n) is 7.10. The smallest absolute Gasteiger partial charge is 0.413 e. The van der Waals surface area contributed by atoms with Crippen LogP contribution in [0.3, 0.4) is 0 Å². The fourth-order valence-electron chi connectivity index (χ4n) is 2.17. The summed E-state index contributed by atoms with van der Waals surface area (Å²) < 4.78 is 18.4. The molecule has 6 nitrogen and oxygen atoms in total. The van der Waals surface area contributed by atoms with Gasteiger partial charge < -0.3 is 4.74 Å². The maximum atomic E-state index is 13.4. The highest BCUT2D eigenvalue weighted by Gasteiger charge is 2.13. The van der Waals surface area contributed by atoms with E-state index in [2.05, 4.69) is 20.5 Å². The lowest BCUT2D eigenvalue weighted by molar-refractivity contribution is 0.130. The molecule has 118 valence electrons. The van der Waals surface area contributed by atoms with E-state index >= 15 is 0 Å². The zero-order valence-electron chi connectivity index (χ0n) is 12.6. The molecule has 0 aliphatic carbocycles. The van der Waals surface area contributed by atoms with Crippen molar-refractivity contribution in [2.24, 2.45) is 0 Å². The monoisotopic (exact) mass is 314 g/mol. The molecule has 0 radical (unpaired) electrons. The van der Waals surface area contributed by atoms with Crippen LogP contribution in [0.4, 0.5) is 15.0 Å². The molecule has 3 rings (SSSR count). The molecule has 2 N–H and O–H groups in total. The molecule has 3 aromatic rings. The molecule has 7 heteroatoms. The van der Waals surface area contributed by atoms with Crippen LogP contribution in [0.1, 0.15) is 13.8 Å². The van der Waals surface area contributed by atoms with E-state index in [4.69, 9.17) is 4.74 Å². The maximum Gasteiger partial charge on any atom is 0.413 e. The number of rotatable bonds is 3. The second-order valence-corrected chi connectivity index (χ2v) is 5.28. The highest BCUT2D eigenvalue weighted by Crippen LogP contribution is 2.26. The number of pyridine rings is 1. The van der Waals surface area contributed by atoms with Crippen LogP contribution >= 0.6 is 0 Å². The molecular weight excluding hydrogens is 299 g/mol. The van der Waals surface area contributed by atoms with E-state index in [0.29, 0.717) is 22.4 Å². The van der Waals surface area contributed by atoms with Gasteiger partial charge in [0.2, 0.25) is 0 Å². The Morgan fingerprint density at radius 3 is 2.87 bits per heavy atom. The first-order chi connectivity index (χ1) is 11.0. The minimum Gasteiger partial charge on any atom is -0.447 e. The highest BCUT2D eigenvalue weighted by molar-refractivity contribution is 5.97. The van der Waals surface area contributed by atoms with Gasteiger partial charge in [-0.2, -0.15) is 5.10 Å². The molecule has 0 atom stereocenters. The Balaban J connectivity index is 1.95. The molecule has 0 unspecified atom stereocenters. The minimum atomic E-state index is -0.582. The van der Waals surface area contributed by atoms with Gasteiger partial charge in [0.1, 0.15) is 11.6 Å². The second-order valence-electron chi connectivity index (χ2n) is 5.28. The zero-order valence-corrected chi connectivity index (χ0v) is 12.6. The number of hydrogen-bond donors (Lipinski definition) is 2. The maximum absolute atomic E-state index is 13.4. The van der Waals surface area contributed by atoms with E-state index in [0.717, 1.165) is 5.56 Å². The average Bonchev–Trinajstić information content (AvgIpc) is 2.88. The number of carbonyl (C=O) groups is 1. The summed E-state index contributed by atoms with van der Waals surface area (Å²) in [7, 11) is 0. The topological polar surface area (TPSA) is 79.9 Å². The minimum absolute atomic E-state index is 0.231. The molecule has 0 fully saturated rings. The van der Waals surface area contributed by atoms with Crippen LogP contribution in [0.2, 0.25) is 0 Å². The first kappa shape index (κ1) is 15.0. The number of fused-ring (bicyclic) bond motifs is 1. The number of benzene rings is 1. The number of aromatic amines is 1. The van der Waals surface area contributed by atoms with Gasteiger partial charge in [-0.3, -0.25) is 10.4 Å². The van der Waals surface area contributed by atoms with Crippen LogP contribution in [0.5, 0.6) is 0 Å². The molecule has 1 aromatic carbocycles. The predicted molar refractivity (Wildman–Crippen MR) is 84.5 cm³/mol. The third kappa shape index (κ3) is 3.28. The third-order valence-corrected chi connectivity index (χ3v) is 3.14. The lowest BCUT2D eigenvalue weighted by atomic mass is 10.1. The molecule has 0 bridgehead atoms. The lowest BCUT2D eigenvalue weighted by Crippen LogP contribution is -2.18. The molecule has 1 amide bonds. The summed E-state index contributed by atoms with van der Waals surface area (Å²) in [4.78, 5) is 15.9. The number of ether oxygens (including phenoxy) is 1. The SMILES string of the molecule is CC(C)OC(=O)Nc1[nH]nc2ncc(-c3cccc(F)c3)cc12. The lowest BCUT2D eigenvalue weighted by Gasteiger charge is -2.08. The van der Waals surface area contributed by atoms with E-state index in [1.807, 2.05) is 0 Å². The third-order valence-electron chi connectivity index (χ3n) is 3.14. The zero-order chi connectivity index (χ0) is 16.4. The highest BCUT2D eigenvalue weighted by atomic mass is 19.1. The Bertz CT molecular complexity index is 860. The summed E-state index contributed by atoms with van der Waals surface area (Å²) in [6.07, 6.45) is 0.792. The number of H-pyrrole nitrogens is 1. The van der Waals surface area contributed by atoms with Gasteiger partial charge in [-0.1, -0.05) is 12.1 Å². The Kier molecular flexibility index (Phi) is 3.92. The van der Waals surface area contributed by atoms with Gasteiger partial charge in [-0.15, -0.1) is 0 Å². The molecule has 23 heavy (non-hydrogen) atoms. The van der Waals surface area contributed by atoms with E-state index in [-0.39, 0.29) is 11.9 Å². The van der Waals surface area contributed by atoms with Crippen LogP contribution in [0.25, 0.3) is 22.2 Å². The fraction of sp³-hybridized carbons (Fsp3) is 0.188. The van der Waals surface area contributed by atoms with Crippen molar-refractivity contribution in [1.29, 1.82) is 0 Å². The number of nitrogens with one attached hydrogen (secondary N) is 2. The number of hydrogen-bond acceptors (Lipinski definition) is 4. The quantitative estimate of drug-likeness (QED) is 0.772. The van der Waals surface area contributed by atoms with E-state index in [1.54, 1.807) is 38.2 Å². The van der Waals surface area contributed by atoms with Crippen molar-refractivity contribution in [3.63, 3.8) is 0 Å². The number of carbonyl (C=O) groups excluding carboxylic acids is 1. The molecule has 2 aromatic heterocycles. The summed E-state index contributed by atoms with van der Waals surface area (Å²) in [5, 5.41) is 9.94. The standard InChI is InChI=1S/C16H15FN4O2/c1-9(2)23-16(22)19-15-13-7-11(8-18-14(13)20-21-15)10-4-3-5-12(17)6-10/h3-9H,1-2H3,(H2,18,19,20,21,22). The largest absolute Gasteiger partial charge is 0.447 e. The predicted octanol–water partition coefficient (Wildman–Crippen LogP) is 3.72. The number of anilines is 1. The Morgan fingerprint density at radius 2 is 2.13 bits per heavy atom. The molecule has 0 spiro atoms. The van der Waals surface area contributed by atoms with Crippen LogP contribution in [-0.2, 0) is 4.74 Å². The summed E-state index contributed by atoms with van der Waals surface area (Å²) >= 11 is 0. The van der Waals surface area contributed by atoms with Gasteiger partial charge in [-0.25, -0.2) is 14.2 Å². The fourth-order valence-corrected chi connectivity index (χ4v) is 2.17. The van der Waals surface area contributed by atoms with Gasteiger partial charge >= 0.3 is 6.09 Å². The van der Waals surface area contributed by atoms with Crippen LogP contribution in [0.15, 0.2) is 36.5 Å². The van der Waals surface area contributed by atoms with Gasteiger partial charge in [0.05, 0.1) is 11.5 Å². The summed E-state index contributed by atoms with van der Waals surface area (Å²) in [6, 6.07) is 7.99. The molecular formula is C16H15FN4O2. The number of nitrogens with zero attached hydrogens (tertiary/aromatic N) is 2. The summed E-state index contributed by atoms with van der Waals surface area (Å²) in [6.45, 7) is 3.52. The second kappa shape index (κ2) is 6.04. The van der Waals surface area contributed by atoms with Crippen LogP contribution in [0, 0.1) is 5.82 Å². The van der Waals surface area contributed by atoms with Crippen molar-refractivity contribution in [3.05, 3.63) is 42.3 Å². The van der Waals surface area contributed by atoms with Gasteiger partial charge in [0.25, 0.3) is 0 Å². The Hall–Kier alpha value is -2.96. The molecule has 0 saturated carbocycles. The van der Waals surface area contributed by atoms with Gasteiger partial charge in [-0.05, 0) is 37.6 Å². The van der Waals surface area contributed by atoms with Crippen molar-refractivity contribution in [1.82, 2.24) is 15.2 Å². The van der Waals surface area contributed by atoms with Crippen molar-refractivity contribution in [2.75, 3.05) is 5.32 Å². The molecule has 0 saturated heterocycles. The molecule has 2 heterocycles. The first-order valence-corrected chi connectivity index (χ1v) is 7.10. The average molecular weight is 314 g/mol. The number of halogens is 1. The number of amides is 1. The van der Waals surface area contributed by atoms with Crippen LogP contribution in [-0.4, -0.2) is 27.4 Å². The van der Waals surface area contributed by atoms with Crippen LogP contribution < -0.4 is 5.32 Å². The molecule has 0 aliphatic heterocycles. The normalized spacial score (nSPS) is 11.0. The Labute approximate surface area is 131 Å². The molecule has 0 aliphatic rings. The van der Waals surface area contributed by atoms with Gasteiger partial charge in [0.15, 0.2) is 5.65 Å². The van der Waals surface area contributed by atoms with E-state index < -0.39 is 6.09 Å². The summed E-state index contributed by atoms with van der Waals surface area (Å²) in [5.41, 5.74) is 1.86. The van der Waals surface area contributed by atoms with Crippen molar-refractivity contribution in [3.8, 4) is 11.1 Å². The summed E-state index contributed by atoms with van der Waals surface area (Å²) in [5.74, 6) is 0.0602. The van der Waals surface area contributed by atoms with Crippen molar-refractivity contribution in [2.45, 2.75) is 20.0 Å².